The largest absolute Gasteiger partial charge is 0.476 e. The third-order valence-electron chi connectivity index (χ3n) is 5.63. The topological polar surface area (TPSA) is 87.1 Å². The summed E-state index contributed by atoms with van der Waals surface area (Å²) in [5.74, 6) is -2.51. The number of anilines is 2. The number of nitrogens with zero attached hydrogens (tertiary/aromatic N) is 2. The zero-order valence-corrected chi connectivity index (χ0v) is 21.0. The predicted molar refractivity (Wildman–Crippen MR) is 132 cm³/mol. The van der Waals surface area contributed by atoms with Gasteiger partial charge in [0.1, 0.15) is 16.9 Å². The molecule has 0 amide bonds. The van der Waals surface area contributed by atoms with Gasteiger partial charge in [-0.05, 0) is 30.4 Å². The van der Waals surface area contributed by atoms with Crippen LogP contribution in [0.15, 0.2) is 64.3 Å². The molecule has 0 spiro atoms. The Bertz CT molecular complexity index is 1160. The number of carboxylic acid groups (broad SMARTS) is 1. The average Bonchev–Trinajstić information content (AvgIpc) is 2.90. The van der Waals surface area contributed by atoms with Crippen LogP contribution in [0.5, 0.6) is 5.75 Å². The Morgan fingerprint density at radius 2 is 1.97 bits per heavy atom. The van der Waals surface area contributed by atoms with Gasteiger partial charge in [-0.3, -0.25) is 0 Å². The maximum Gasteiger partial charge on any atom is 0.368 e. The maximum atomic E-state index is 13.7. The highest BCUT2D eigenvalue weighted by Crippen LogP contribution is 2.44. The molecule has 2 aromatic rings. The summed E-state index contributed by atoms with van der Waals surface area (Å²) >= 11 is 1.40. The standard InChI is InChI=1S/C24H29FN2O5S2/c1-4-6-10-18-15-27(17-11-8-7-9-12-17)20-13-22(33-5-2)21(32-16-19(25)24(28)29)14-23(20)34(30,31)26(18)3/h7-9,11-14,16,18H,4-6,10,15H2,1-3H3,(H,28,29)/b19-16-. The molecule has 34 heavy (non-hydrogen) atoms. The summed E-state index contributed by atoms with van der Waals surface area (Å²) in [4.78, 5) is 13.4. The molecule has 10 heteroatoms. The van der Waals surface area contributed by atoms with E-state index in [1.807, 2.05) is 42.2 Å². The van der Waals surface area contributed by atoms with E-state index in [-0.39, 0.29) is 16.7 Å². The molecule has 1 aliphatic heterocycles. The SMILES string of the molecule is CCCCC1CN(c2ccccc2)c2cc(SCC)c(O/C=C(\F)C(=O)O)cc2S(=O)(=O)N1C. The normalized spacial score (nSPS) is 18.3. The van der Waals surface area contributed by atoms with E-state index in [2.05, 4.69) is 6.92 Å². The smallest absolute Gasteiger partial charge is 0.368 e. The maximum absolute atomic E-state index is 13.7. The van der Waals surface area contributed by atoms with E-state index in [1.165, 1.54) is 22.1 Å². The van der Waals surface area contributed by atoms with Crippen molar-refractivity contribution >= 4 is 39.1 Å². The second-order valence-corrected chi connectivity index (χ2v) is 11.1. The van der Waals surface area contributed by atoms with Crippen LogP contribution >= 0.6 is 11.8 Å². The number of aliphatic carboxylic acids is 1. The van der Waals surface area contributed by atoms with Gasteiger partial charge in [0.25, 0.3) is 0 Å². The zero-order chi connectivity index (χ0) is 24.9. The summed E-state index contributed by atoms with van der Waals surface area (Å²) in [5.41, 5.74) is 1.36. The van der Waals surface area contributed by atoms with Gasteiger partial charge in [0, 0.05) is 31.4 Å². The second-order valence-electron chi connectivity index (χ2n) is 7.85. The molecule has 0 bridgehead atoms. The number of carbonyl (C=O) groups is 1. The van der Waals surface area contributed by atoms with Gasteiger partial charge < -0.3 is 14.7 Å². The van der Waals surface area contributed by atoms with Crippen LogP contribution in [0.25, 0.3) is 0 Å². The van der Waals surface area contributed by atoms with Gasteiger partial charge in [-0.15, -0.1) is 11.8 Å². The average molecular weight is 509 g/mol. The molecular formula is C24H29FN2O5S2. The molecule has 7 nitrogen and oxygen atoms in total. The number of rotatable bonds is 9. The first-order chi connectivity index (χ1) is 16.2. The molecule has 0 aliphatic carbocycles. The van der Waals surface area contributed by atoms with Crippen LogP contribution < -0.4 is 9.64 Å². The van der Waals surface area contributed by atoms with Crippen LogP contribution in [0.4, 0.5) is 15.8 Å². The van der Waals surface area contributed by atoms with E-state index in [4.69, 9.17) is 9.84 Å². The van der Waals surface area contributed by atoms with Crippen LogP contribution in [-0.2, 0) is 14.8 Å². The van der Waals surface area contributed by atoms with Gasteiger partial charge in [-0.1, -0.05) is 44.9 Å². The Morgan fingerprint density at radius 1 is 1.26 bits per heavy atom. The fourth-order valence-corrected chi connectivity index (χ4v) is 6.13. The summed E-state index contributed by atoms with van der Waals surface area (Å²) in [6.07, 6.45) is 3.01. The van der Waals surface area contributed by atoms with Gasteiger partial charge in [-0.25, -0.2) is 13.2 Å². The van der Waals surface area contributed by atoms with Gasteiger partial charge in [0.05, 0.1) is 10.6 Å². The number of unbranched alkanes of at least 4 members (excludes halogenated alkanes) is 1. The molecule has 1 N–H and O–H groups in total. The summed E-state index contributed by atoms with van der Waals surface area (Å²) in [7, 11) is -2.34. The van der Waals surface area contributed by atoms with E-state index >= 15 is 0 Å². The van der Waals surface area contributed by atoms with Crippen LogP contribution in [0, 0.1) is 0 Å². The highest BCUT2D eigenvalue weighted by Gasteiger charge is 2.37. The third kappa shape index (κ3) is 5.56. The van der Waals surface area contributed by atoms with Gasteiger partial charge in [0.2, 0.25) is 15.9 Å². The van der Waals surface area contributed by atoms with Gasteiger partial charge in [-0.2, -0.15) is 8.70 Å². The number of ether oxygens (including phenoxy) is 1. The Labute approximate surface area is 204 Å². The first kappa shape index (κ1) is 26.1. The lowest BCUT2D eigenvalue weighted by molar-refractivity contribution is -0.134. The lowest BCUT2D eigenvalue weighted by Gasteiger charge is -2.29. The van der Waals surface area contributed by atoms with E-state index in [0.29, 0.717) is 35.6 Å². The molecule has 2 aromatic carbocycles. The lowest BCUT2D eigenvalue weighted by Crippen LogP contribution is -2.40. The van der Waals surface area contributed by atoms with Crippen LogP contribution in [0.2, 0.25) is 0 Å². The number of hydrogen-bond donors (Lipinski definition) is 1. The highest BCUT2D eigenvalue weighted by atomic mass is 32.2. The van der Waals surface area contributed by atoms with Crippen LogP contribution in [-0.4, -0.2) is 49.2 Å². The van der Waals surface area contributed by atoms with Crippen molar-refractivity contribution in [1.29, 1.82) is 0 Å². The van der Waals surface area contributed by atoms with Crippen LogP contribution in [0.1, 0.15) is 33.1 Å². The minimum atomic E-state index is -3.92. The minimum absolute atomic E-state index is 0.0254. The molecule has 3 rings (SSSR count). The third-order valence-corrected chi connectivity index (χ3v) is 8.49. The Balaban J connectivity index is 2.23. The molecule has 1 heterocycles. The summed E-state index contributed by atoms with van der Waals surface area (Å²) < 4.78 is 47.7. The number of benzene rings is 2. The minimum Gasteiger partial charge on any atom is -0.476 e. The van der Waals surface area contributed by atoms with Crippen molar-refractivity contribution in [3.63, 3.8) is 0 Å². The monoisotopic (exact) mass is 508 g/mol. The van der Waals surface area contributed by atoms with Gasteiger partial charge in [0.15, 0.2) is 0 Å². The summed E-state index contributed by atoms with van der Waals surface area (Å²) in [6, 6.07) is 12.4. The number of hydrogen-bond acceptors (Lipinski definition) is 6. The van der Waals surface area contributed by atoms with Crippen molar-refractivity contribution in [1.82, 2.24) is 4.31 Å². The van der Waals surface area contributed by atoms with E-state index in [1.54, 1.807) is 13.1 Å². The highest BCUT2D eigenvalue weighted by molar-refractivity contribution is 7.99. The molecular weight excluding hydrogens is 479 g/mol. The molecule has 1 atom stereocenters. The number of fused-ring (bicyclic) bond motifs is 1. The van der Waals surface area contributed by atoms with Crippen molar-refractivity contribution in [2.24, 2.45) is 0 Å². The van der Waals surface area contributed by atoms with E-state index in [0.717, 1.165) is 18.5 Å². The first-order valence-corrected chi connectivity index (χ1v) is 13.5. The van der Waals surface area contributed by atoms with Crippen molar-refractivity contribution in [3.8, 4) is 5.75 Å². The fourth-order valence-electron chi connectivity index (χ4n) is 3.81. The quantitative estimate of drug-likeness (QED) is 0.276. The first-order valence-electron chi connectivity index (χ1n) is 11.1. The van der Waals surface area contributed by atoms with Crippen molar-refractivity contribution < 1.29 is 27.4 Å². The molecule has 1 unspecified atom stereocenters. The number of halogens is 1. The predicted octanol–water partition coefficient (Wildman–Crippen LogP) is 5.40. The Morgan fingerprint density at radius 3 is 2.59 bits per heavy atom. The fraction of sp³-hybridized carbons (Fsp3) is 0.375. The lowest BCUT2D eigenvalue weighted by atomic mass is 10.1. The zero-order valence-electron chi connectivity index (χ0n) is 19.4. The van der Waals surface area contributed by atoms with Crippen molar-refractivity contribution in [2.45, 2.75) is 48.9 Å². The molecule has 0 saturated heterocycles. The summed E-state index contributed by atoms with van der Waals surface area (Å²) in [5, 5.41) is 8.80. The molecule has 0 saturated carbocycles. The number of carboxylic acids is 1. The summed E-state index contributed by atoms with van der Waals surface area (Å²) in [6.45, 7) is 4.46. The van der Waals surface area contributed by atoms with Crippen LogP contribution in [0.3, 0.4) is 0 Å². The van der Waals surface area contributed by atoms with Crippen molar-refractivity contribution in [2.75, 3.05) is 24.2 Å². The van der Waals surface area contributed by atoms with Crippen molar-refractivity contribution in [3.05, 3.63) is 54.6 Å². The van der Waals surface area contributed by atoms with E-state index < -0.39 is 21.8 Å². The number of para-hydroxylation sites is 1. The Kier molecular flexibility index (Phi) is 8.62. The number of thioether (sulfide) groups is 1. The molecule has 1 aliphatic rings. The number of likely N-dealkylation sites (N-methyl/N-ethyl adjacent to an activating group) is 1. The molecule has 0 fully saturated rings. The molecule has 184 valence electrons. The Hall–Kier alpha value is -2.56. The second kappa shape index (κ2) is 11.2. The molecule has 0 radical (unpaired) electrons. The van der Waals surface area contributed by atoms with Gasteiger partial charge >= 0.3 is 5.97 Å². The number of sulfonamides is 1. The molecule has 0 aromatic heterocycles. The van der Waals surface area contributed by atoms with E-state index in [9.17, 15) is 17.6 Å².